The third-order valence-electron chi connectivity index (χ3n) is 4.20. The predicted octanol–water partition coefficient (Wildman–Crippen LogP) is 1.85. The summed E-state index contributed by atoms with van der Waals surface area (Å²) < 4.78 is 0. The molecule has 2 N–H and O–H groups in total. The number of carbonyl (C=O) groups excluding carboxylic acids is 1. The largest absolute Gasteiger partial charge is 0.481 e. The number of carboxylic acids is 1. The molecular weight excluding hydrogens is 244 g/mol. The van der Waals surface area contributed by atoms with Crippen LogP contribution in [0.25, 0.3) is 0 Å². The van der Waals surface area contributed by atoms with Gasteiger partial charge in [0, 0.05) is 19.6 Å². The Morgan fingerprint density at radius 3 is 2.84 bits per heavy atom. The highest BCUT2D eigenvalue weighted by molar-refractivity contribution is 5.79. The van der Waals surface area contributed by atoms with E-state index in [0.717, 1.165) is 19.3 Å². The highest BCUT2D eigenvalue weighted by atomic mass is 16.4. The van der Waals surface area contributed by atoms with Gasteiger partial charge in [0.25, 0.3) is 0 Å². The fraction of sp³-hybridized carbons (Fsp3) is 0.714. The molecule has 0 aromatic rings. The molecule has 5 heteroatoms. The fourth-order valence-electron chi connectivity index (χ4n) is 2.69. The minimum Gasteiger partial charge on any atom is -0.481 e. The maximum absolute atomic E-state index is 12.0. The third-order valence-corrected chi connectivity index (χ3v) is 4.20. The van der Waals surface area contributed by atoms with E-state index >= 15 is 0 Å². The summed E-state index contributed by atoms with van der Waals surface area (Å²) in [5, 5.41) is 12.1. The Bertz CT molecular complexity index is 394. The molecule has 1 aliphatic carbocycles. The number of hydrogen-bond acceptors (Lipinski definition) is 2. The van der Waals surface area contributed by atoms with Gasteiger partial charge in [-0.1, -0.05) is 12.2 Å². The van der Waals surface area contributed by atoms with Crippen molar-refractivity contribution >= 4 is 12.0 Å². The molecule has 19 heavy (non-hydrogen) atoms. The number of allylic oxidation sites excluding steroid dienone is 2. The summed E-state index contributed by atoms with van der Waals surface area (Å²) in [4.78, 5) is 24.8. The molecule has 0 radical (unpaired) electrons. The van der Waals surface area contributed by atoms with Crippen LogP contribution in [0.3, 0.4) is 0 Å². The maximum atomic E-state index is 12.0. The number of nitrogens with one attached hydrogen (secondary N) is 1. The van der Waals surface area contributed by atoms with E-state index in [2.05, 4.69) is 17.5 Å². The summed E-state index contributed by atoms with van der Waals surface area (Å²) in [7, 11) is 0. The Balaban J connectivity index is 1.78. The van der Waals surface area contributed by atoms with E-state index in [1.54, 1.807) is 11.8 Å². The van der Waals surface area contributed by atoms with Crippen molar-refractivity contribution in [2.24, 2.45) is 11.3 Å². The minimum absolute atomic E-state index is 0.125. The monoisotopic (exact) mass is 266 g/mol. The summed E-state index contributed by atoms with van der Waals surface area (Å²) in [5.74, 6) is -0.303. The van der Waals surface area contributed by atoms with Crippen LogP contribution in [0.1, 0.15) is 32.6 Å². The summed E-state index contributed by atoms with van der Waals surface area (Å²) in [6.45, 7) is 3.22. The van der Waals surface area contributed by atoms with Crippen LogP contribution in [0, 0.1) is 11.3 Å². The average Bonchev–Trinajstić information content (AvgIpc) is 2.81. The van der Waals surface area contributed by atoms with Gasteiger partial charge in [0.15, 0.2) is 0 Å². The van der Waals surface area contributed by atoms with Gasteiger partial charge in [-0.2, -0.15) is 0 Å². The van der Waals surface area contributed by atoms with Crippen molar-refractivity contribution in [3.63, 3.8) is 0 Å². The molecule has 0 aromatic heterocycles. The molecule has 5 nitrogen and oxygen atoms in total. The zero-order chi connectivity index (χ0) is 13.9. The van der Waals surface area contributed by atoms with E-state index in [4.69, 9.17) is 5.11 Å². The van der Waals surface area contributed by atoms with Crippen LogP contribution in [0.15, 0.2) is 12.2 Å². The molecule has 2 unspecified atom stereocenters. The molecule has 2 aliphatic rings. The maximum Gasteiger partial charge on any atom is 0.317 e. The van der Waals surface area contributed by atoms with Gasteiger partial charge in [0.05, 0.1) is 5.41 Å². The Morgan fingerprint density at radius 1 is 1.47 bits per heavy atom. The molecule has 1 fully saturated rings. The minimum atomic E-state index is -0.819. The second-order valence-electron chi connectivity index (χ2n) is 5.87. The summed E-state index contributed by atoms with van der Waals surface area (Å²) >= 11 is 0. The Hall–Kier alpha value is -1.52. The van der Waals surface area contributed by atoms with Crippen LogP contribution in [0.2, 0.25) is 0 Å². The number of nitrogens with zero attached hydrogens (tertiary/aromatic N) is 1. The molecular formula is C14H22N2O3. The molecule has 0 spiro atoms. The molecule has 2 atom stereocenters. The van der Waals surface area contributed by atoms with Gasteiger partial charge < -0.3 is 15.3 Å². The van der Waals surface area contributed by atoms with Gasteiger partial charge in [-0.15, -0.1) is 0 Å². The topological polar surface area (TPSA) is 69.6 Å². The van der Waals surface area contributed by atoms with Crippen molar-refractivity contribution in [3.8, 4) is 0 Å². The standard InChI is InChI=1S/C14H22N2O3/c1-14(12(17)18)7-8-16(10-14)13(19)15-9-11-5-3-2-4-6-11/h2-3,11H,4-10H2,1H3,(H,15,19)(H,17,18). The Kier molecular flexibility index (Phi) is 4.12. The highest BCUT2D eigenvalue weighted by Gasteiger charge is 2.42. The van der Waals surface area contributed by atoms with Gasteiger partial charge in [-0.05, 0) is 38.5 Å². The van der Waals surface area contributed by atoms with Crippen molar-refractivity contribution in [1.29, 1.82) is 0 Å². The summed E-state index contributed by atoms with van der Waals surface area (Å²) in [5.41, 5.74) is -0.787. The van der Waals surface area contributed by atoms with Crippen LogP contribution in [0.5, 0.6) is 0 Å². The molecule has 0 bridgehead atoms. The Labute approximate surface area is 113 Å². The van der Waals surface area contributed by atoms with E-state index in [-0.39, 0.29) is 6.03 Å². The molecule has 2 rings (SSSR count). The lowest BCUT2D eigenvalue weighted by atomic mass is 9.90. The van der Waals surface area contributed by atoms with Gasteiger partial charge in [0.2, 0.25) is 0 Å². The second kappa shape index (κ2) is 5.63. The van der Waals surface area contributed by atoms with Gasteiger partial charge in [-0.25, -0.2) is 4.79 Å². The zero-order valence-electron chi connectivity index (χ0n) is 11.4. The van der Waals surface area contributed by atoms with E-state index in [9.17, 15) is 9.59 Å². The lowest BCUT2D eigenvalue weighted by Gasteiger charge is -2.23. The molecule has 1 saturated heterocycles. The van der Waals surface area contributed by atoms with Crippen LogP contribution in [-0.2, 0) is 4.79 Å². The molecule has 0 aromatic carbocycles. The quantitative estimate of drug-likeness (QED) is 0.766. The van der Waals surface area contributed by atoms with Gasteiger partial charge >= 0.3 is 12.0 Å². The third kappa shape index (κ3) is 3.28. The van der Waals surface area contributed by atoms with E-state index in [0.29, 0.717) is 32.0 Å². The van der Waals surface area contributed by atoms with Crippen LogP contribution < -0.4 is 5.32 Å². The van der Waals surface area contributed by atoms with Crippen molar-refractivity contribution in [2.45, 2.75) is 32.6 Å². The fourth-order valence-corrected chi connectivity index (χ4v) is 2.69. The first-order chi connectivity index (χ1) is 9.01. The normalized spacial score (nSPS) is 30.4. The van der Waals surface area contributed by atoms with Crippen molar-refractivity contribution in [1.82, 2.24) is 10.2 Å². The highest BCUT2D eigenvalue weighted by Crippen LogP contribution is 2.30. The van der Waals surface area contributed by atoms with E-state index in [1.807, 2.05) is 0 Å². The van der Waals surface area contributed by atoms with Crippen molar-refractivity contribution in [3.05, 3.63) is 12.2 Å². The molecule has 1 aliphatic heterocycles. The van der Waals surface area contributed by atoms with E-state index in [1.165, 1.54) is 0 Å². The lowest BCUT2D eigenvalue weighted by Crippen LogP contribution is -2.42. The van der Waals surface area contributed by atoms with Crippen molar-refractivity contribution in [2.75, 3.05) is 19.6 Å². The number of rotatable bonds is 3. The van der Waals surface area contributed by atoms with E-state index < -0.39 is 11.4 Å². The zero-order valence-corrected chi connectivity index (χ0v) is 11.4. The van der Waals surface area contributed by atoms with Gasteiger partial charge in [-0.3, -0.25) is 4.79 Å². The van der Waals surface area contributed by atoms with Crippen LogP contribution in [-0.4, -0.2) is 41.6 Å². The lowest BCUT2D eigenvalue weighted by molar-refractivity contribution is -0.146. The Morgan fingerprint density at radius 2 is 2.26 bits per heavy atom. The average molecular weight is 266 g/mol. The summed E-state index contributed by atoms with van der Waals surface area (Å²) in [6.07, 6.45) is 8.09. The molecule has 1 heterocycles. The first kappa shape index (κ1) is 13.9. The van der Waals surface area contributed by atoms with Crippen LogP contribution >= 0.6 is 0 Å². The predicted molar refractivity (Wildman–Crippen MR) is 71.8 cm³/mol. The number of carbonyl (C=O) groups is 2. The smallest absolute Gasteiger partial charge is 0.317 e. The molecule has 106 valence electrons. The summed E-state index contributed by atoms with van der Waals surface area (Å²) in [6, 6.07) is -0.125. The number of hydrogen-bond donors (Lipinski definition) is 2. The number of likely N-dealkylation sites (tertiary alicyclic amines) is 1. The number of amides is 2. The van der Waals surface area contributed by atoms with Crippen molar-refractivity contribution < 1.29 is 14.7 Å². The van der Waals surface area contributed by atoms with Gasteiger partial charge in [0.1, 0.15) is 0 Å². The number of urea groups is 1. The molecule has 0 saturated carbocycles. The second-order valence-corrected chi connectivity index (χ2v) is 5.87. The molecule has 2 amide bonds. The first-order valence-electron chi connectivity index (χ1n) is 6.92. The SMILES string of the molecule is CC1(C(=O)O)CCN(C(=O)NCC2CC=CCC2)C1. The number of carboxylic acid groups (broad SMARTS) is 1. The number of aliphatic carboxylic acids is 1. The van der Waals surface area contributed by atoms with Crippen LogP contribution in [0.4, 0.5) is 4.79 Å². The first-order valence-corrected chi connectivity index (χ1v) is 6.92.